The lowest BCUT2D eigenvalue weighted by Crippen LogP contribution is -2.47. The van der Waals surface area contributed by atoms with E-state index in [-0.39, 0.29) is 83.9 Å². The summed E-state index contributed by atoms with van der Waals surface area (Å²) in [4.78, 5) is 260. The molecule has 0 spiro atoms. The second-order valence-electron chi connectivity index (χ2n) is 38.2. The summed E-state index contributed by atoms with van der Waals surface area (Å²) in [5, 5.41) is 19.3. The highest BCUT2D eigenvalue weighted by Crippen LogP contribution is 2.40. The topological polar surface area (TPSA) is 462 Å². The molecule has 6 saturated carbocycles. The van der Waals surface area contributed by atoms with Gasteiger partial charge in [0, 0.05) is 157 Å². The molecule has 5 aromatic carbocycles. The first-order chi connectivity index (χ1) is 69.1. The van der Waals surface area contributed by atoms with E-state index >= 15 is 0 Å². The Morgan fingerprint density at radius 3 is 0.938 bits per heavy atom. The normalized spacial score (nSPS) is 21.5. The van der Waals surface area contributed by atoms with Crippen LogP contribution < -0.4 is 37.2 Å². The van der Waals surface area contributed by atoms with Crippen LogP contribution in [-0.2, 0) is 133 Å². The van der Waals surface area contributed by atoms with Gasteiger partial charge in [0.05, 0.1) is 0 Å². The summed E-state index contributed by atoms with van der Waals surface area (Å²) in [5.41, 5.74) is 4.49. The molecule has 3 unspecified atom stereocenters. The van der Waals surface area contributed by atoms with Crippen LogP contribution in [0, 0.1) is 29.6 Å². The van der Waals surface area contributed by atoms with Crippen molar-refractivity contribution < 1.29 is 105 Å². The van der Waals surface area contributed by atoms with Gasteiger partial charge < -0.3 is 66.6 Å². The second kappa shape index (κ2) is 54.9. The summed E-state index contributed by atoms with van der Waals surface area (Å²) in [6.07, 6.45) is 21.8. The van der Waals surface area contributed by atoms with Gasteiger partial charge in [-0.2, -0.15) is 0 Å². The number of halogens is 4. The predicted octanol–water partition coefficient (Wildman–Crippen LogP) is 8.96. The molecular formula is C106H129Cl3FN13O21. The van der Waals surface area contributed by atoms with Crippen LogP contribution in [-0.4, -0.2) is 248 Å². The zero-order valence-electron chi connectivity index (χ0n) is 81.6. The zero-order chi connectivity index (χ0) is 104. The van der Waals surface area contributed by atoms with Gasteiger partial charge in [-0.25, -0.2) is 4.39 Å². The summed E-state index contributed by atoms with van der Waals surface area (Å²) in [6.45, 7) is 4.09. The third kappa shape index (κ3) is 32.7. The van der Waals surface area contributed by atoms with Gasteiger partial charge in [-0.3, -0.25) is 101 Å². The van der Waals surface area contributed by atoms with Crippen LogP contribution in [0.4, 0.5) is 4.39 Å². The molecule has 0 radical (unpaired) electrons. The molecule has 13 amide bonds. The summed E-state index contributed by atoms with van der Waals surface area (Å²) < 4.78 is 12.0. The van der Waals surface area contributed by atoms with Crippen LogP contribution in [0.1, 0.15) is 221 Å². The van der Waals surface area contributed by atoms with Crippen LogP contribution in [0.25, 0.3) is 0 Å². The predicted molar refractivity (Wildman–Crippen MR) is 529 cm³/mol. The Labute approximate surface area is 851 Å². The fourth-order valence-corrected chi connectivity index (χ4v) is 19.6. The van der Waals surface area contributed by atoms with Crippen molar-refractivity contribution in [2.45, 2.75) is 274 Å². The average Bonchev–Trinajstić information content (AvgIpc) is 1.68. The van der Waals surface area contributed by atoms with Crippen molar-refractivity contribution in [2.75, 3.05) is 46.9 Å². The van der Waals surface area contributed by atoms with Crippen LogP contribution in [0.2, 0.25) is 15.1 Å². The summed E-state index contributed by atoms with van der Waals surface area (Å²) in [7, 11) is 2.82. The minimum absolute atomic E-state index is 0.0373. The van der Waals surface area contributed by atoms with Gasteiger partial charge in [-0.1, -0.05) is 170 Å². The van der Waals surface area contributed by atoms with Crippen molar-refractivity contribution in [1.82, 2.24) is 66.6 Å². The number of carbonyl (C=O) groups excluding carboxylic acids is 21. The maximum absolute atomic E-state index is 12.3. The number of nitrogens with one attached hydrogen (secondary N) is 7. The molecule has 7 N–H and O–H groups in total. The largest absolute Gasteiger partial charge is 0.353 e. The highest BCUT2D eigenvalue weighted by molar-refractivity contribution is 6.42. The van der Waals surface area contributed by atoms with Crippen LogP contribution >= 0.6 is 34.8 Å². The SMILES string of the molecule is CCNC(=O)C(=O)[C@H]1CCC(=O)N1Cc1ccc(Cl)cc1.CNC(=O)C(=O)[C@H]1CCC(=O)N1Cc1ccc(Cl)cc1.CNC(=O)C(=O)[C@H]1CCC(=O)N1Cc1ccccc1.O=C(NC1CC1)C(=O)C1CCC(=O)C1CC1CCCC1.O=C(NC1CC1)C(=O)[C@H]1CCC(=O)N1Cc1ccc(Cl)cc1.O=C(NCC1CC1)C(=O)C1CCC(=O)N1CC1CCCC1.O=C(NCCF)C(=O)[C@H]1CCC(=O)N1Cc1ccccc1. The minimum atomic E-state index is -0.828. The Morgan fingerprint density at radius 2 is 0.611 bits per heavy atom. The molecule has 0 aromatic heterocycles. The third-order valence-corrected chi connectivity index (χ3v) is 28.5. The molecule has 12 fully saturated rings. The van der Waals surface area contributed by atoms with E-state index in [2.05, 4.69) is 37.2 Å². The van der Waals surface area contributed by atoms with Crippen molar-refractivity contribution in [3.63, 3.8) is 0 Å². The molecule has 17 rings (SSSR count). The van der Waals surface area contributed by atoms with E-state index in [9.17, 15) is 105 Å². The van der Waals surface area contributed by atoms with Gasteiger partial charge in [0.15, 0.2) is 0 Å². The van der Waals surface area contributed by atoms with E-state index in [1.807, 2.05) is 84.9 Å². The smallest absolute Gasteiger partial charge is 0.289 e. The molecule has 144 heavy (non-hydrogen) atoms. The standard InChI is InChI=1S/C16H17ClN2O3.C16H24N2O3.C16H23NO3.C15H17ClN2O3.C15H17FN2O3.C14H15ClN2O3.C14H16N2O3/c17-11-3-1-10(2-4-11)9-19-13(7-8-14(19)20)15(21)16(22)18-12-5-6-12;19-14-8-7-13(18(14)10-12-3-1-2-4-12)15(20)16(21)17-9-11-5-6-11;18-14-8-7-12(13(14)9-10-3-1-2-4-10)15(19)16(20)17-11-5-6-11;1-2-17-15(21)14(20)12-7-8-13(19)18(12)9-10-3-5-11(16)6-4-10;16-8-9-17-15(21)14(20)12-6-7-13(19)18(12)10-11-4-2-1-3-5-11;1-16-14(20)13(19)11-6-7-12(18)17(11)8-9-2-4-10(15)5-3-9;1-15-14(19)13(18)11-7-8-12(17)16(11)9-10-5-3-2-4-6-10/h1-4,12-13H,5-9H2,(H,18,22);11-13H,1-10H2,(H,17,21);10-13H,1-9H2,(H,17,20);3-6,12H,2,7-9H2,1H3,(H,17,21);1-5,12H,6-10H2,(H,17,21);2-5,11H,6-8H2,1H3,(H,16,20);2-6,11H,7-9H2,1H3,(H,15,19)/t13-;;;2*12-;2*11-/m1..1111/s1. The quantitative estimate of drug-likeness (QED) is 0.0186. The maximum Gasteiger partial charge on any atom is 0.289 e. The van der Waals surface area contributed by atoms with E-state index in [0.717, 1.165) is 85.6 Å². The number of benzene rings is 5. The maximum atomic E-state index is 12.3. The molecule has 6 aliphatic carbocycles. The molecule has 772 valence electrons. The van der Waals surface area contributed by atoms with Gasteiger partial charge in [-0.15, -0.1) is 0 Å². The van der Waals surface area contributed by atoms with Crippen molar-refractivity contribution in [3.8, 4) is 0 Å². The van der Waals surface area contributed by atoms with Gasteiger partial charge in [0.1, 0.15) is 48.7 Å². The molecule has 12 aliphatic rings. The number of likely N-dealkylation sites (N-methyl/N-ethyl adjacent to an activating group) is 3. The fraction of sp³-hybridized carbons (Fsp3) is 0.519. The number of alkyl halides is 1. The highest BCUT2D eigenvalue weighted by Gasteiger charge is 2.48. The van der Waals surface area contributed by atoms with Crippen molar-refractivity contribution in [1.29, 1.82) is 0 Å². The number of amides is 13. The van der Waals surface area contributed by atoms with Gasteiger partial charge in [0.2, 0.25) is 75.9 Å². The first kappa shape index (κ1) is 112. The molecule has 6 saturated heterocycles. The second-order valence-corrected chi connectivity index (χ2v) is 39.6. The third-order valence-electron chi connectivity index (χ3n) is 27.7. The lowest BCUT2D eigenvalue weighted by atomic mass is 9.83. The first-order valence-corrected chi connectivity index (χ1v) is 51.1. The number of ketones is 8. The molecule has 8 atom stereocenters. The lowest BCUT2D eigenvalue weighted by Gasteiger charge is -2.26. The first-order valence-electron chi connectivity index (χ1n) is 50.0. The molecule has 34 nitrogen and oxygen atoms in total. The summed E-state index contributed by atoms with van der Waals surface area (Å²) >= 11 is 17.5. The molecule has 38 heteroatoms. The number of nitrogens with zero attached hydrogens (tertiary/aromatic N) is 6. The Balaban J connectivity index is 0.000000160. The fourth-order valence-electron chi connectivity index (χ4n) is 19.2. The van der Waals surface area contributed by atoms with Crippen LogP contribution in [0.3, 0.4) is 0 Å². The number of hydrogen-bond donors (Lipinski definition) is 7. The summed E-state index contributed by atoms with van der Waals surface area (Å²) in [6, 6.07) is 36.4. The Morgan fingerprint density at radius 1 is 0.312 bits per heavy atom. The van der Waals surface area contributed by atoms with Gasteiger partial charge in [-0.05, 0) is 192 Å². The Hall–Kier alpha value is -12.6. The molecule has 6 aliphatic heterocycles. The van der Waals surface area contributed by atoms with Gasteiger partial charge >= 0.3 is 0 Å². The molecule has 0 bridgehead atoms. The monoisotopic (exact) mass is 2040 g/mol. The number of Topliss-reactive ketones (excluding diaryl/α,β-unsaturated/α-hetero) is 8. The highest BCUT2D eigenvalue weighted by atomic mass is 35.5. The van der Waals surface area contributed by atoms with E-state index in [0.29, 0.717) is 169 Å². The van der Waals surface area contributed by atoms with E-state index in [1.165, 1.54) is 77.1 Å². The number of rotatable bonds is 35. The Kier molecular flexibility index (Phi) is 42.6. The van der Waals surface area contributed by atoms with Crippen LogP contribution in [0.15, 0.2) is 133 Å². The van der Waals surface area contributed by atoms with Crippen LogP contribution in [0.5, 0.6) is 0 Å². The Bertz CT molecular complexity index is 5460. The average molecular weight is 2050 g/mol. The van der Waals surface area contributed by atoms with Crippen molar-refractivity contribution >= 4 is 158 Å². The molecule has 5 aromatic rings. The van der Waals surface area contributed by atoms with Crippen molar-refractivity contribution in [2.24, 2.45) is 29.6 Å². The number of likely N-dealkylation sites (tertiary alicyclic amines) is 6. The lowest BCUT2D eigenvalue weighted by molar-refractivity contribution is -0.143. The zero-order valence-corrected chi connectivity index (χ0v) is 83.8. The summed E-state index contributed by atoms with van der Waals surface area (Å²) in [5.74, 6) is -7.03. The molecular weight excluding hydrogens is 1920 g/mol. The minimum Gasteiger partial charge on any atom is -0.353 e. The van der Waals surface area contributed by atoms with E-state index < -0.39 is 119 Å². The van der Waals surface area contributed by atoms with E-state index in [4.69, 9.17) is 34.8 Å². The number of hydrogen-bond acceptors (Lipinski definition) is 21. The van der Waals surface area contributed by atoms with Crippen molar-refractivity contribution in [3.05, 3.63) is 176 Å². The number of carbonyl (C=O) groups is 21. The van der Waals surface area contributed by atoms with E-state index in [1.54, 1.807) is 60.4 Å². The molecule has 6 heterocycles. The van der Waals surface area contributed by atoms with Gasteiger partial charge in [0.25, 0.3) is 41.4 Å².